The van der Waals surface area contributed by atoms with Crippen LogP contribution in [-0.4, -0.2) is 40.2 Å². The lowest BCUT2D eigenvalue weighted by Crippen LogP contribution is -2.74. The van der Waals surface area contributed by atoms with Gasteiger partial charge in [0.15, 0.2) is 6.10 Å². The highest BCUT2D eigenvalue weighted by Gasteiger charge is 2.72. The van der Waals surface area contributed by atoms with Crippen molar-refractivity contribution < 1.29 is 9.84 Å². The summed E-state index contributed by atoms with van der Waals surface area (Å²) < 4.78 is 6.94. The maximum absolute atomic E-state index is 12.8. The van der Waals surface area contributed by atoms with Crippen LogP contribution in [-0.2, 0) is 31.1 Å². The third-order valence-electron chi connectivity index (χ3n) is 10.3. The number of rotatable bonds is 0. The summed E-state index contributed by atoms with van der Waals surface area (Å²) in [6, 6.07) is 9.21. The zero-order valence-electron chi connectivity index (χ0n) is 20.4. The molecule has 1 saturated heterocycles. The van der Waals surface area contributed by atoms with Gasteiger partial charge in [-0.05, 0) is 99.3 Å². The third kappa shape index (κ3) is 2.05. The Morgan fingerprint density at radius 1 is 1.06 bits per heavy atom. The maximum atomic E-state index is 12.8. The molecule has 3 aliphatic carbocycles. The van der Waals surface area contributed by atoms with Crippen molar-refractivity contribution in [2.45, 2.75) is 82.0 Å². The number of aromatic nitrogens is 1. The number of benzene rings is 2. The highest BCUT2D eigenvalue weighted by molar-refractivity contribution is 5.88. The second kappa shape index (κ2) is 6.22. The van der Waals surface area contributed by atoms with Gasteiger partial charge in [0.2, 0.25) is 0 Å². The zero-order valence-corrected chi connectivity index (χ0v) is 20.4. The molecule has 1 aromatic heterocycles. The van der Waals surface area contributed by atoms with Crippen molar-refractivity contribution in [2.75, 3.05) is 13.6 Å². The molecule has 4 heteroatoms. The Labute approximate surface area is 201 Å². The van der Waals surface area contributed by atoms with Crippen LogP contribution in [0.2, 0.25) is 0 Å². The fourth-order valence-corrected chi connectivity index (χ4v) is 8.56. The molecule has 1 fully saturated rings. The van der Waals surface area contributed by atoms with E-state index in [9.17, 15) is 5.11 Å². The number of ether oxygens (including phenoxy) is 1. The molecule has 3 aromatic rings. The van der Waals surface area contributed by atoms with E-state index >= 15 is 0 Å². The van der Waals surface area contributed by atoms with E-state index in [2.05, 4.69) is 50.1 Å². The Hall–Kier alpha value is -2.43. The summed E-state index contributed by atoms with van der Waals surface area (Å²) in [5.74, 6) is 1.02. The van der Waals surface area contributed by atoms with Crippen molar-refractivity contribution in [1.82, 2.24) is 9.88 Å². The molecule has 0 saturated carbocycles. The summed E-state index contributed by atoms with van der Waals surface area (Å²) in [6.45, 7) is 5.39. The van der Waals surface area contributed by atoms with Crippen LogP contribution in [0.5, 0.6) is 5.75 Å². The second-order valence-electron chi connectivity index (χ2n) is 11.7. The minimum atomic E-state index is -0.849. The number of pyridine rings is 1. The van der Waals surface area contributed by atoms with Gasteiger partial charge in [-0.3, -0.25) is 0 Å². The number of likely N-dealkylation sites (N-methyl/N-ethyl adjacent to an activating group) is 1. The highest BCUT2D eigenvalue weighted by Crippen LogP contribution is 2.67. The zero-order chi connectivity index (χ0) is 23.0. The molecule has 0 amide bonds. The monoisotopic (exact) mass is 452 g/mol. The summed E-state index contributed by atoms with van der Waals surface area (Å²) >= 11 is 0. The molecular weight excluding hydrogens is 420 g/mol. The first-order valence-electron chi connectivity index (χ1n) is 13.1. The fourth-order valence-electron chi connectivity index (χ4n) is 8.56. The van der Waals surface area contributed by atoms with Crippen molar-refractivity contribution in [2.24, 2.45) is 0 Å². The van der Waals surface area contributed by atoms with E-state index in [1.54, 1.807) is 0 Å². The lowest BCUT2D eigenvalue weighted by molar-refractivity contribution is -0.168. The van der Waals surface area contributed by atoms with E-state index in [-0.39, 0.29) is 12.1 Å². The topological polar surface area (TPSA) is 45.6 Å². The first-order chi connectivity index (χ1) is 16.4. The molecular formula is C30H32N2O2. The quantitative estimate of drug-likeness (QED) is 0.539. The van der Waals surface area contributed by atoms with Crippen molar-refractivity contribution in [3.63, 3.8) is 0 Å². The number of piperidine rings is 1. The second-order valence-corrected chi connectivity index (χ2v) is 11.7. The van der Waals surface area contributed by atoms with Crippen LogP contribution >= 0.6 is 0 Å². The lowest BCUT2D eigenvalue weighted by atomic mass is 9.48. The van der Waals surface area contributed by atoms with Gasteiger partial charge in [0.05, 0.1) is 22.2 Å². The van der Waals surface area contributed by atoms with E-state index in [0.717, 1.165) is 43.7 Å². The van der Waals surface area contributed by atoms with E-state index in [1.807, 2.05) is 0 Å². The molecule has 34 heavy (non-hydrogen) atoms. The van der Waals surface area contributed by atoms with Gasteiger partial charge in [-0.25, -0.2) is 4.98 Å². The number of hydrogen-bond acceptors (Lipinski definition) is 4. The van der Waals surface area contributed by atoms with Crippen LogP contribution in [0.3, 0.4) is 0 Å². The molecule has 4 atom stereocenters. The standard InChI is InChI=1S/C30H32N2O2/c1-16-8-9-19-14-23-30(33)15-22-17(2)20-11-10-18-6-4-5-7-21(18)25(20)31-26(22)28-29(30,12-13-32(23)3)24(19)27(16)34-28/h8-11,23,28,33H,4-7,12-15H2,1-3H3/t23-,28+,29+,30-/m1/s1. The van der Waals surface area contributed by atoms with Crippen LogP contribution in [0.25, 0.3) is 10.9 Å². The number of aliphatic hydroxyl groups is 1. The van der Waals surface area contributed by atoms with E-state index in [1.165, 1.54) is 62.7 Å². The Kier molecular flexibility index (Phi) is 3.63. The van der Waals surface area contributed by atoms with E-state index < -0.39 is 11.0 Å². The summed E-state index contributed by atoms with van der Waals surface area (Å²) in [4.78, 5) is 7.87. The van der Waals surface area contributed by atoms with Crippen molar-refractivity contribution >= 4 is 10.9 Å². The third-order valence-corrected chi connectivity index (χ3v) is 10.3. The molecule has 5 aliphatic rings. The van der Waals surface area contributed by atoms with Gasteiger partial charge in [-0.1, -0.05) is 24.3 Å². The number of fused-ring (bicyclic) bond motifs is 5. The molecule has 2 bridgehead atoms. The van der Waals surface area contributed by atoms with Gasteiger partial charge < -0.3 is 14.7 Å². The molecule has 1 spiro atoms. The highest BCUT2D eigenvalue weighted by atomic mass is 16.5. The van der Waals surface area contributed by atoms with Gasteiger partial charge in [-0.15, -0.1) is 0 Å². The largest absolute Gasteiger partial charge is 0.482 e. The van der Waals surface area contributed by atoms with E-state index in [4.69, 9.17) is 9.72 Å². The lowest BCUT2D eigenvalue weighted by Gasteiger charge is -2.62. The van der Waals surface area contributed by atoms with Gasteiger partial charge in [-0.2, -0.15) is 0 Å². The molecule has 0 unspecified atom stereocenters. The SMILES string of the molecule is Cc1ccc2c3c1O[C@H]1c4nc5c6c(ccc5c(C)c4C[C@@]4(O)[C@@H](C2)N(C)CC[C@]314)CCCC6. The van der Waals surface area contributed by atoms with Gasteiger partial charge in [0, 0.05) is 23.4 Å². The smallest absolute Gasteiger partial charge is 0.153 e. The maximum Gasteiger partial charge on any atom is 0.153 e. The first-order valence-corrected chi connectivity index (χ1v) is 13.1. The van der Waals surface area contributed by atoms with Crippen LogP contribution in [0.15, 0.2) is 24.3 Å². The molecule has 8 rings (SSSR count). The number of likely N-dealkylation sites (tertiary alicyclic amines) is 1. The van der Waals surface area contributed by atoms with Crippen LogP contribution < -0.4 is 4.74 Å². The molecule has 0 radical (unpaired) electrons. The number of aryl methyl sites for hydroxylation is 4. The Bertz CT molecular complexity index is 1430. The minimum Gasteiger partial charge on any atom is -0.482 e. The summed E-state index contributed by atoms with van der Waals surface area (Å²) in [5, 5.41) is 14.0. The summed E-state index contributed by atoms with van der Waals surface area (Å²) in [5.41, 5.74) is 10.3. The van der Waals surface area contributed by atoms with Crippen molar-refractivity contribution in [3.05, 3.63) is 68.9 Å². The van der Waals surface area contributed by atoms with Crippen LogP contribution in [0.4, 0.5) is 0 Å². The Morgan fingerprint density at radius 2 is 1.88 bits per heavy atom. The number of hydrogen-bond donors (Lipinski definition) is 1. The molecule has 2 aliphatic heterocycles. The minimum absolute atomic E-state index is 0.0975. The van der Waals surface area contributed by atoms with Gasteiger partial charge in [0.25, 0.3) is 0 Å². The molecule has 1 N–H and O–H groups in total. The Morgan fingerprint density at radius 3 is 2.76 bits per heavy atom. The van der Waals surface area contributed by atoms with E-state index in [0.29, 0.717) is 6.42 Å². The molecule has 174 valence electrons. The van der Waals surface area contributed by atoms with Crippen molar-refractivity contribution in [1.29, 1.82) is 0 Å². The molecule has 2 aromatic carbocycles. The summed E-state index contributed by atoms with van der Waals surface area (Å²) in [7, 11) is 2.19. The Balaban J connectivity index is 1.47. The average Bonchev–Trinajstić information content (AvgIpc) is 3.20. The average molecular weight is 453 g/mol. The fraction of sp³-hybridized carbons (Fsp3) is 0.500. The normalized spacial score (nSPS) is 32.7. The van der Waals surface area contributed by atoms with Crippen LogP contribution in [0, 0.1) is 13.8 Å². The van der Waals surface area contributed by atoms with Gasteiger partial charge in [0.1, 0.15) is 5.75 Å². The molecule has 3 heterocycles. The van der Waals surface area contributed by atoms with Gasteiger partial charge >= 0.3 is 0 Å². The predicted molar refractivity (Wildman–Crippen MR) is 133 cm³/mol. The summed E-state index contributed by atoms with van der Waals surface area (Å²) in [6.07, 6.45) is 7.05. The number of nitrogens with zero attached hydrogens (tertiary/aromatic N) is 2. The van der Waals surface area contributed by atoms with Crippen molar-refractivity contribution in [3.8, 4) is 5.75 Å². The predicted octanol–water partition coefficient (Wildman–Crippen LogP) is 4.65. The molecule has 4 nitrogen and oxygen atoms in total. The first kappa shape index (κ1) is 19.8. The van der Waals surface area contributed by atoms with Crippen LogP contribution in [0.1, 0.15) is 70.0 Å².